The van der Waals surface area contributed by atoms with Crippen LogP contribution in [0.2, 0.25) is 0 Å². The molecule has 1 heterocycles. The molecule has 17 heavy (non-hydrogen) atoms. The van der Waals surface area contributed by atoms with E-state index in [2.05, 4.69) is 15.3 Å². The molecule has 0 radical (unpaired) electrons. The Morgan fingerprint density at radius 1 is 1.65 bits per heavy atom. The first kappa shape index (κ1) is 12.9. The molecule has 0 aliphatic carbocycles. The second-order valence-electron chi connectivity index (χ2n) is 3.65. The molecule has 0 spiro atoms. The zero-order chi connectivity index (χ0) is 12.8. The zero-order valence-electron chi connectivity index (χ0n) is 9.77. The summed E-state index contributed by atoms with van der Waals surface area (Å²) >= 11 is 0. The standard InChI is InChI=1S/C11H14N4O2/c1-3-8(10(16)17)6-13-11-14-7(2)4-9(5-12)15-11/h4,8H,3,6H2,1-2H3,(H,16,17)(H,13,14,15). The van der Waals surface area contributed by atoms with Crippen molar-refractivity contribution in [1.82, 2.24) is 9.97 Å². The highest BCUT2D eigenvalue weighted by Crippen LogP contribution is 2.07. The first-order valence-electron chi connectivity index (χ1n) is 5.29. The van der Waals surface area contributed by atoms with Gasteiger partial charge >= 0.3 is 5.97 Å². The van der Waals surface area contributed by atoms with Crippen molar-refractivity contribution in [3.05, 3.63) is 17.5 Å². The molecule has 1 aromatic heterocycles. The molecular formula is C11H14N4O2. The molecule has 0 fully saturated rings. The topological polar surface area (TPSA) is 98.9 Å². The van der Waals surface area contributed by atoms with Gasteiger partial charge in [-0.15, -0.1) is 0 Å². The van der Waals surface area contributed by atoms with Gasteiger partial charge in [0.2, 0.25) is 5.95 Å². The van der Waals surface area contributed by atoms with Crippen molar-refractivity contribution in [2.75, 3.05) is 11.9 Å². The fraction of sp³-hybridized carbons (Fsp3) is 0.455. The van der Waals surface area contributed by atoms with Gasteiger partial charge in [-0.3, -0.25) is 4.79 Å². The van der Waals surface area contributed by atoms with Crippen LogP contribution in [0, 0.1) is 24.2 Å². The number of carboxylic acids is 1. The molecule has 0 saturated heterocycles. The number of aromatic nitrogens is 2. The van der Waals surface area contributed by atoms with E-state index in [1.807, 2.05) is 6.07 Å². The van der Waals surface area contributed by atoms with Gasteiger partial charge in [0.05, 0.1) is 5.92 Å². The SMILES string of the molecule is CCC(CNc1nc(C)cc(C#N)n1)C(=O)O. The monoisotopic (exact) mass is 234 g/mol. The lowest BCUT2D eigenvalue weighted by atomic mass is 10.1. The molecule has 0 aromatic carbocycles. The Labute approximate surface area is 99.3 Å². The van der Waals surface area contributed by atoms with Gasteiger partial charge in [-0.2, -0.15) is 5.26 Å². The van der Waals surface area contributed by atoms with Gasteiger partial charge in [-0.1, -0.05) is 6.92 Å². The van der Waals surface area contributed by atoms with Crippen LogP contribution >= 0.6 is 0 Å². The largest absolute Gasteiger partial charge is 0.481 e. The minimum absolute atomic E-state index is 0.250. The number of aliphatic carboxylic acids is 1. The predicted molar refractivity (Wildman–Crippen MR) is 61.4 cm³/mol. The number of hydrogen-bond acceptors (Lipinski definition) is 5. The van der Waals surface area contributed by atoms with Crippen molar-refractivity contribution in [1.29, 1.82) is 5.26 Å². The van der Waals surface area contributed by atoms with Crippen molar-refractivity contribution in [2.45, 2.75) is 20.3 Å². The van der Waals surface area contributed by atoms with E-state index >= 15 is 0 Å². The molecular weight excluding hydrogens is 220 g/mol. The highest BCUT2D eigenvalue weighted by atomic mass is 16.4. The second-order valence-corrected chi connectivity index (χ2v) is 3.65. The van der Waals surface area contributed by atoms with Gasteiger partial charge in [0.1, 0.15) is 11.8 Å². The van der Waals surface area contributed by atoms with Crippen molar-refractivity contribution >= 4 is 11.9 Å². The fourth-order valence-corrected chi connectivity index (χ4v) is 1.33. The molecule has 0 aliphatic rings. The summed E-state index contributed by atoms with van der Waals surface area (Å²) in [6.45, 7) is 3.81. The lowest BCUT2D eigenvalue weighted by molar-refractivity contribution is -0.141. The van der Waals surface area contributed by atoms with E-state index in [-0.39, 0.29) is 12.2 Å². The highest BCUT2D eigenvalue weighted by molar-refractivity contribution is 5.70. The number of rotatable bonds is 5. The van der Waals surface area contributed by atoms with E-state index in [9.17, 15) is 4.79 Å². The fourth-order valence-electron chi connectivity index (χ4n) is 1.33. The molecule has 1 atom stereocenters. The van der Waals surface area contributed by atoms with Crippen LogP contribution in [0.1, 0.15) is 24.7 Å². The third kappa shape index (κ3) is 3.72. The van der Waals surface area contributed by atoms with Crippen LogP contribution in [0.25, 0.3) is 0 Å². The molecule has 6 nitrogen and oxygen atoms in total. The minimum atomic E-state index is -0.854. The highest BCUT2D eigenvalue weighted by Gasteiger charge is 2.15. The Bertz CT molecular complexity index is 453. The maximum Gasteiger partial charge on any atom is 0.308 e. The summed E-state index contributed by atoms with van der Waals surface area (Å²) in [6.07, 6.45) is 0.527. The molecule has 0 saturated carbocycles. The number of nitrogens with one attached hydrogen (secondary N) is 1. The smallest absolute Gasteiger partial charge is 0.308 e. The van der Waals surface area contributed by atoms with E-state index in [0.29, 0.717) is 18.1 Å². The number of carbonyl (C=O) groups is 1. The van der Waals surface area contributed by atoms with Gasteiger partial charge in [-0.25, -0.2) is 9.97 Å². The summed E-state index contributed by atoms with van der Waals surface area (Å²) in [5.74, 6) is -1.04. The van der Waals surface area contributed by atoms with Gasteiger partial charge in [-0.05, 0) is 19.4 Å². The molecule has 2 N–H and O–H groups in total. The summed E-state index contributed by atoms with van der Waals surface area (Å²) in [5, 5.41) is 20.4. The molecule has 0 amide bonds. The Balaban J connectivity index is 2.72. The normalized spacial score (nSPS) is 11.6. The molecule has 0 aliphatic heterocycles. The summed E-state index contributed by atoms with van der Waals surface area (Å²) < 4.78 is 0. The van der Waals surface area contributed by atoms with Crippen molar-refractivity contribution in [3.63, 3.8) is 0 Å². The molecule has 1 aromatic rings. The van der Waals surface area contributed by atoms with Crippen molar-refractivity contribution in [3.8, 4) is 6.07 Å². The van der Waals surface area contributed by atoms with Crippen LogP contribution in [0.3, 0.4) is 0 Å². The van der Waals surface area contributed by atoms with Crippen molar-refractivity contribution < 1.29 is 9.90 Å². The molecule has 1 unspecified atom stereocenters. The number of hydrogen-bond donors (Lipinski definition) is 2. The minimum Gasteiger partial charge on any atom is -0.481 e. The van der Waals surface area contributed by atoms with Crippen LogP contribution in [-0.2, 0) is 4.79 Å². The summed E-state index contributed by atoms with van der Waals surface area (Å²) in [7, 11) is 0. The number of carboxylic acid groups (broad SMARTS) is 1. The second kappa shape index (κ2) is 5.80. The van der Waals surface area contributed by atoms with Gasteiger partial charge < -0.3 is 10.4 Å². The Morgan fingerprint density at radius 2 is 2.35 bits per heavy atom. The van der Waals surface area contributed by atoms with Gasteiger partial charge in [0, 0.05) is 12.2 Å². The van der Waals surface area contributed by atoms with Crippen LogP contribution in [-0.4, -0.2) is 27.6 Å². The Morgan fingerprint density at radius 3 is 2.88 bits per heavy atom. The molecule has 1 rings (SSSR count). The van der Waals surface area contributed by atoms with E-state index in [1.165, 1.54) is 0 Å². The molecule has 90 valence electrons. The zero-order valence-corrected chi connectivity index (χ0v) is 9.77. The summed E-state index contributed by atoms with van der Waals surface area (Å²) in [5.41, 5.74) is 0.936. The average Bonchev–Trinajstić information content (AvgIpc) is 2.28. The number of anilines is 1. The lowest BCUT2D eigenvalue weighted by Gasteiger charge is -2.11. The van der Waals surface area contributed by atoms with E-state index in [1.54, 1.807) is 19.9 Å². The first-order chi connectivity index (χ1) is 8.06. The molecule has 6 heteroatoms. The maximum atomic E-state index is 10.8. The van der Waals surface area contributed by atoms with E-state index in [0.717, 1.165) is 0 Å². The number of nitrogens with zero attached hydrogens (tertiary/aromatic N) is 3. The maximum absolute atomic E-state index is 10.8. The lowest BCUT2D eigenvalue weighted by Crippen LogP contribution is -2.23. The predicted octanol–water partition coefficient (Wildman–Crippen LogP) is 1.18. The van der Waals surface area contributed by atoms with Crippen molar-refractivity contribution in [2.24, 2.45) is 5.92 Å². The Kier molecular flexibility index (Phi) is 4.40. The number of nitriles is 1. The Hall–Kier alpha value is -2.16. The third-order valence-corrected chi connectivity index (χ3v) is 2.32. The van der Waals surface area contributed by atoms with Crippen LogP contribution in [0.5, 0.6) is 0 Å². The van der Waals surface area contributed by atoms with Crippen LogP contribution < -0.4 is 5.32 Å². The van der Waals surface area contributed by atoms with Gasteiger partial charge in [0.15, 0.2) is 0 Å². The number of aryl methyl sites for hydroxylation is 1. The summed E-state index contributed by atoms with van der Waals surface area (Å²) in [6, 6.07) is 3.49. The molecule has 0 bridgehead atoms. The third-order valence-electron chi connectivity index (χ3n) is 2.32. The van der Waals surface area contributed by atoms with Crippen LogP contribution in [0.15, 0.2) is 6.07 Å². The van der Waals surface area contributed by atoms with Crippen LogP contribution in [0.4, 0.5) is 5.95 Å². The van der Waals surface area contributed by atoms with E-state index in [4.69, 9.17) is 10.4 Å². The van der Waals surface area contributed by atoms with Gasteiger partial charge in [0.25, 0.3) is 0 Å². The summed E-state index contributed by atoms with van der Waals surface area (Å²) in [4.78, 5) is 18.8. The average molecular weight is 234 g/mol. The van der Waals surface area contributed by atoms with E-state index < -0.39 is 11.9 Å². The quantitative estimate of drug-likeness (QED) is 0.793. The first-order valence-corrected chi connectivity index (χ1v) is 5.29.